The van der Waals surface area contributed by atoms with Crippen LogP contribution in [0.3, 0.4) is 0 Å². The maximum absolute atomic E-state index is 5.99. The Kier molecular flexibility index (Phi) is 5.72. The number of benzene rings is 2. The van der Waals surface area contributed by atoms with Gasteiger partial charge in [0, 0.05) is 5.69 Å². The average Bonchev–Trinajstić information content (AvgIpc) is 2.42. The van der Waals surface area contributed by atoms with Crippen molar-refractivity contribution in [2.75, 3.05) is 5.73 Å². The van der Waals surface area contributed by atoms with Crippen molar-refractivity contribution in [3.8, 4) is 0 Å². The molecule has 0 heterocycles. The highest BCUT2D eigenvalue weighted by molar-refractivity contribution is 5.50. The first kappa shape index (κ1) is 14.0. The van der Waals surface area contributed by atoms with Gasteiger partial charge in [0.05, 0.1) is 0 Å². The molecule has 0 aliphatic heterocycles. The molecule has 2 aromatic carbocycles. The minimum atomic E-state index is 0.913. The Morgan fingerprint density at radius 2 is 1.61 bits per heavy atom. The molecule has 1 nitrogen and oxygen atoms in total. The summed E-state index contributed by atoms with van der Waals surface area (Å²) in [7, 11) is 0. The number of nitrogens with two attached hydrogens (primary N) is 1. The zero-order chi connectivity index (χ0) is 13.4. The van der Waals surface area contributed by atoms with Gasteiger partial charge in [-0.05, 0) is 35.6 Å². The predicted octanol–water partition coefficient (Wildman–Crippen LogP) is 4.22. The number of nitrogen functional groups attached to an aromatic ring is 1. The van der Waals surface area contributed by atoms with Crippen LogP contribution >= 0.6 is 0 Å². The maximum Gasteiger partial charge on any atom is 0.0349 e. The second-order valence-corrected chi connectivity index (χ2v) is 4.05. The van der Waals surface area contributed by atoms with Crippen LogP contribution in [0.4, 0.5) is 5.69 Å². The molecule has 0 unspecified atom stereocenters. The molecule has 0 atom stereocenters. The highest BCUT2D eigenvalue weighted by atomic mass is 14.6. The first-order valence-electron chi connectivity index (χ1n) is 6.21. The van der Waals surface area contributed by atoms with E-state index >= 15 is 0 Å². The molecule has 0 bridgehead atoms. The van der Waals surface area contributed by atoms with Gasteiger partial charge in [-0.2, -0.15) is 0 Å². The van der Waals surface area contributed by atoms with E-state index in [1.165, 1.54) is 16.7 Å². The van der Waals surface area contributed by atoms with Gasteiger partial charge >= 0.3 is 0 Å². The molecule has 0 amide bonds. The van der Waals surface area contributed by atoms with Crippen molar-refractivity contribution in [2.45, 2.75) is 19.8 Å². The number of aryl methyl sites for hydroxylation is 1. The van der Waals surface area contributed by atoms with Crippen molar-refractivity contribution in [3.63, 3.8) is 0 Å². The predicted molar refractivity (Wildman–Crippen MR) is 80.7 cm³/mol. The number of hydrogen-bond acceptors (Lipinski definition) is 1. The molecule has 0 fully saturated rings. The van der Waals surface area contributed by atoms with E-state index < -0.39 is 0 Å². The molecular formula is C17H21N. The summed E-state index contributed by atoms with van der Waals surface area (Å²) < 4.78 is 0. The van der Waals surface area contributed by atoms with Gasteiger partial charge in [-0.3, -0.25) is 0 Å². The van der Waals surface area contributed by atoms with E-state index in [9.17, 15) is 0 Å². The Morgan fingerprint density at radius 3 is 2.17 bits per heavy atom. The standard InChI is InChI=1S/C15H17N.C2H4/c1-2-14-9-8-13(11-15(14)16)10-12-6-4-3-5-7-12;1-2/h3-9,11H,2,10,16H2,1H3;1-2H2. The molecule has 0 aromatic heterocycles. The lowest BCUT2D eigenvalue weighted by Gasteiger charge is -2.06. The highest BCUT2D eigenvalue weighted by Gasteiger charge is 2.00. The minimum absolute atomic E-state index is 0.913. The Balaban J connectivity index is 0.000000771. The molecule has 0 saturated heterocycles. The average molecular weight is 239 g/mol. The summed E-state index contributed by atoms with van der Waals surface area (Å²) in [5.41, 5.74) is 10.7. The van der Waals surface area contributed by atoms with E-state index in [1.807, 2.05) is 6.07 Å². The van der Waals surface area contributed by atoms with Crippen LogP contribution in [0, 0.1) is 0 Å². The van der Waals surface area contributed by atoms with Crippen LogP contribution in [-0.4, -0.2) is 0 Å². The van der Waals surface area contributed by atoms with Gasteiger partial charge in [0.2, 0.25) is 0 Å². The van der Waals surface area contributed by atoms with Gasteiger partial charge < -0.3 is 5.73 Å². The van der Waals surface area contributed by atoms with Crippen molar-refractivity contribution in [3.05, 3.63) is 78.4 Å². The molecular weight excluding hydrogens is 218 g/mol. The molecule has 2 N–H and O–H groups in total. The molecule has 0 radical (unpaired) electrons. The Hall–Kier alpha value is -2.02. The van der Waals surface area contributed by atoms with Crippen molar-refractivity contribution in [2.24, 2.45) is 0 Å². The molecule has 2 rings (SSSR count). The number of rotatable bonds is 3. The number of anilines is 1. The zero-order valence-electron chi connectivity index (χ0n) is 11.0. The Bertz CT molecular complexity index is 474. The smallest absolute Gasteiger partial charge is 0.0349 e. The summed E-state index contributed by atoms with van der Waals surface area (Å²) in [4.78, 5) is 0. The van der Waals surface area contributed by atoms with Crippen LogP contribution in [0.15, 0.2) is 61.7 Å². The summed E-state index contributed by atoms with van der Waals surface area (Å²) in [5, 5.41) is 0. The molecule has 94 valence electrons. The van der Waals surface area contributed by atoms with Crippen LogP contribution in [0.5, 0.6) is 0 Å². The molecule has 18 heavy (non-hydrogen) atoms. The van der Waals surface area contributed by atoms with Crippen molar-refractivity contribution in [1.29, 1.82) is 0 Å². The molecule has 0 aliphatic carbocycles. The van der Waals surface area contributed by atoms with Crippen LogP contribution in [0.25, 0.3) is 0 Å². The third kappa shape index (κ3) is 3.77. The van der Waals surface area contributed by atoms with Gasteiger partial charge in [-0.25, -0.2) is 0 Å². The summed E-state index contributed by atoms with van der Waals surface area (Å²) in [6.45, 7) is 8.13. The van der Waals surface area contributed by atoms with Gasteiger partial charge in [-0.15, -0.1) is 13.2 Å². The largest absolute Gasteiger partial charge is 0.398 e. The van der Waals surface area contributed by atoms with E-state index in [-0.39, 0.29) is 0 Å². The van der Waals surface area contributed by atoms with E-state index in [2.05, 4.69) is 62.5 Å². The second kappa shape index (κ2) is 7.33. The third-order valence-electron chi connectivity index (χ3n) is 2.84. The molecule has 0 aliphatic rings. The topological polar surface area (TPSA) is 26.0 Å². The summed E-state index contributed by atoms with van der Waals surface area (Å²) in [6.07, 6.45) is 1.95. The van der Waals surface area contributed by atoms with E-state index in [0.29, 0.717) is 0 Å². The molecule has 0 saturated carbocycles. The van der Waals surface area contributed by atoms with Gasteiger partial charge in [0.25, 0.3) is 0 Å². The molecule has 2 aromatic rings. The number of hydrogen-bond donors (Lipinski definition) is 1. The van der Waals surface area contributed by atoms with Crippen molar-refractivity contribution < 1.29 is 0 Å². The highest BCUT2D eigenvalue weighted by Crippen LogP contribution is 2.17. The second-order valence-electron chi connectivity index (χ2n) is 4.05. The van der Waals surface area contributed by atoms with Gasteiger partial charge in [0.1, 0.15) is 0 Å². The quantitative estimate of drug-likeness (QED) is 0.629. The maximum atomic E-state index is 5.99. The lowest BCUT2D eigenvalue weighted by molar-refractivity contribution is 1.12. The SMILES string of the molecule is C=C.CCc1ccc(Cc2ccccc2)cc1N. The van der Waals surface area contributed by atoms with E-state index in [4.69, 9.17) is 5.73 Å². The van der Waals surface area contributed by atoms with Crippen LogP contribution in [0.1, 0.15) is 23.6 Å². The third-order valence-corrected chi connectivity index (χ3v) is 2.84. The van der Waals surface area contributed by atoms with Crippen LogP contribution < -0.4 is 5.73 Å². The first-order chi connectivity index (χ1) is 8.79. The lowest BCUT2D eigenvalue weighted by atomic mass is 10.0. The monoisotopic (exact) mass is 239 g/mol. The van der Waals surface area contributed by atoms with Crippen LogP contribution in [0.2, 0.25) is 0 Å². The minimum Gasteiger partial charge on any atom is -0.398 e. The fourth-order valence-corrected chi connectivity index (χ4v) is 1.91. The fraction of sp³-hybridized carbons (Fsp3) is 0.176. The van der Waals surface area contributed by atoms with Crippen molar-refractivity contribution >= 4 is 5.69 Å². The fourth-order valence-electron chi connectivity index (χ4n) is 1.91. The summed E-state index contributed by atoms with van der Waals surface area (Å²) in [5.74, 6) is 0. The first-order valence-corrected chi connectivity index (χ1v) is 6.21. The van der Waals surface area contributed by atoms with Crippen LogP contribution in [-0.2, 0) is 12.8 Å². The normalized spacial score (nSPS) is 9.39. The lowest BCUT2D eigenvalue weighted by Crippen LogP contribution is -1.95. The van der Waals surface area contributed by atoms with E-state index in [1.54, 1.807) is 0 Å². The van der Waals surface area contributed by atoms with Gasteiger partial charge in [0.15, 0.2) is 0 Å². The summed E-state index contributed by atoms with van der Waals surface area (Å²) in [6, 6.07) is 16.9. The Morgan fingerprint density at radius 1 is 0.944 bits per heavy atom. The summed E-state index contributed by atoms with van der Waals surface area (Å²) >= 11 is 0. The van der Waals surface area contributed by atoms with Crippen molar-refractivity contribution in [1.82, 2.24) is 0 Å². The molecule has 0 spiro atoms. The molecule has 1 heteroatoms. The van der Waals surface area contributed by atoms with Gasteiger partial charge in [-0.1, -0.05) is 49.4 Å². The Labute approximate surface area is 110 Å². The van der Waals surface area contributed by atoms with E-state index in [0.717, 1.165) is 18.5 Å². The zero-order valence-corrected chi connectivity index (χ0v) is 11.0.